The van der Waals surface area contributed by atoms with Crippen molar-refractivity contribution in [2.45, 2.75) is 52.4 Å². The lowest BCUT2D eigenvalue weighted by molar-refractivity contribution is -0.118. The third kappa shape index (κ3) is 4.12. The molecule has 0 aliphatic heterocycles. The summed E-state index contributed by atoms with van der Waals surface area (Å²) in [7, 11) is 0. The Balaban J connectivity index is 1.45. The summed E-state index contributed by atoms with van der Waals surface area (Å²) < 4.78 is 12.1. The summed E-state index contributed by atoms with van der Waals surface area (Å²) in [5, 5.41) is 3.92. The number of hydrazone groups is 1. The number of ether oxygens (including phenoxy) is 2. The van der Waals surface area contributed by atoms with Crippen LogP contribution >= 0.6 is 0 Å². The maximum Gasteiger partial charge on any atom is 0.236 e. The van der Waals surface area contributed by atoms with Crippen LogP contribution in [-0.4, -0.2) is 25.3 Å². The minimum Gasteiger partial charge on any atom is -0.490 e. The van der Waals surface area contributed by atoms with Crippen LogP contribution in [0.25, 0.3) is 0 Å². The molecule has 27 heavy (non-hydrogen) atoms. The Labute approximate surface area is 161 Å². The molecular weight excluding hydrogens is 340 g/mol. The highest BCUT2D eigenvalue weighted by Crippen LogP contribution is 2.60. The number of rotatable bonds is 7. The van der Waals surface area contributed by atoms with Crippen LogP contribution < -0.4 is 14.9 Å². The van der Waals surface area contributed by atoms with Gasteiger partial charge in [0, 0.05) is 12.3 Å². The zero-order valence-electron chi connectivity index (χ0n) is 16.4. The fourth-order valence-corrected chi connectivity index (χ4v) is 5.89. The van der Waals surface area contributed by atoms with Crippen molar-refractivity contribution in [1.82, 2.24) is 5.43 Å². The Morgan fingerprint density at radius 1 is 1.15 bits per heavy atom. The normalized spacial score (nSPS) is 31.3. The van der Waals surface area contributed by atoms with E-state index in [9.17, 15) is 4.79 Å². The maximum atomic E-state index is 10.9. The zero-order chi connectivity index (χ0) is 18.9. The summed E-state index contributed by atoms with van der Waals surface area (Å²) in [5.74, 6) is 4.15. The van der Waals surface area contributed by atoms with Crippen molar-refractivity contribution in [2.24, 2.45) is 28.3 Å². The lowest BCUT2D eigenvalue weighted by Crippen LogP contribution is -2.48. The van der Waals surface area contributed by atoms with Crippen LogP contribution in [0.2, 0.25) is 0 Å². The SMILES string of the molecule is CCOc1cc(/C=N\NC(C)=O)ccc1OCC12CC3CC(CC(C3)C1)C2. The van der Waals surface area contributed by atoms with Crippen molar-refractivity contribution in [3.63, 3.8) is 0 Å². The summed E-state index contributed by atoms with van der Waals surface area (Å²) in [4.78, 5) is 10.9. The highest BCUT2D eigenvalue weighted by molar-refractivity contribution is 5.82. The van der Waals surface area contributed by atoms with E-state index in [1.165, 1.54) is 45.4 Å². The zero-order valence-corrected chi connectivity index (χ0v) is 16.4. The van der Waals surface area contributed by atoms with Crippen LogP contribution in [0.3, 0.4) is 0 Å². The molecule has 1 amide bonds. The molecule has 0 saturated heterocycles. The molecule has 0 radical (unpaired) electrons. The number of amides is 1. The Morgan fingerprint density at radius 3 is 2.41 bits per heavy atom. The molecule has 5 rings (SSSR count). The minimum absolute atomic E-state index is 0.188. The largest absolute Gasteiger partial charge is 0.490 e. The molecule has 4 saturated carbocycles. The summed E-state index contributed by atoms with van der Waals surface area (Å²) >= 11 is 0. The monoisotopic (exact) mass is 370 g/mol. The first-order valence-electron chi connectivity index (χ1n) is 10.2. The first-order chi connectivity index (χ1) is 13.0. The van der Waals surface area contributed by atoms with Crippen molar-refractivity contribution < 1.29 is 14.3 Å². The molecule has 5 nitrogen and oxygen atoms in total. The van der Waals surface area contributed by atoms with Crippen LogP contribution in [0.4, 0.5) is 0 Å². The van der Waals surface area contributed by atoms with Crippen LogP contribution in [0.15, 0.2) is 23.3 Å². The van der Waals surface area contributed by atoms with Crippen LogP contribution in [0, 0.1) is 23.2 Å². The molecule has 0 heterocycles. The number of benzene rings is 1. The fourth-order valence-electron chi connectivity index (χ4n) is 5.89. The molecular formula is C22H30N2O3. The van der Waals surface area contributed by atoms with Gasteiger partial charge in [0.25, 0.3) is 0 Å². The summed E-state index contributed by atoms with van der Waals surface area (Å²) in [6.07, 6.45) is 9.98. The minimum atomic E-state index is -0.188. The van der Waals surface area contributed by atoms with Gasteiger partial charge in [0.2, 0.25) is 5.91 Å². The first kappa shape index (κ1) is 18.3. The molecule has 0 unspecified atom stereocenters. The van der Waals surface area contributed by atoms with E-state index in [0.717, 1.165) is 41.4 Å². The molecule has 1 aromatic carbocycles. The van der Waals surface area contributed by atoms with Crippen molar-refractivity contribution in [3.8, 4) is 11.5 Å². The second-order valence-corrected chi connectivity index (χ2v) is 8.77. The number of carbonyl (C=O) groups excluding carboxylic acids is 1. The highest BCUT2D eigenvalue weighted by atomic mass is 16.5. The van der Waals surface area contributed by atoms with Crippen LogP contribution in [-0.2, 0) is 4.79 Å². The quantitative estimate of drug-likeness (QED) is 0.579. The Kier molecular flexibility index (Phi) is 5.11. The number of carbonyl (C=O) groups is 1. The van der Waals surface area contributed by atoms with E-state index >= 15 is 0 Å². The van der Waals surface area contributed by atoms with Gasteiger partial charge in [0.15, 0.2) is 11.5 Å². The molecule has 4 bridgehead atoms. The number of nitrogens with zero attached hydrogens (tertiary/aromatic N) is 1. The molecule has 4 aliphatic carbocycles. The highest BCUT2D eigenvalue weighted by Gasteiger charge is 2.51. The standard InChI is InChI=1S/C22H30N2O3/c1-3-26-21-9-16(13-23-24-15(2)25)4-5-20(21)27-14-22-10-17-6-18(11-22)8-19(7-17)12-22/h4-5,9,13,17-19H,3,6-8,10-12,14H2,1-2H3,(H,24,25)/b23-13-. The van der Waals surface area contributed by atoms with Crippen molar-refractivity contribution in [1.29, 1.82) is 0 Å². The van der Waals surface area contributed by atoms with Gasteiger partial charge in [-0.1, -0.05) is 0 Å². The van der Waals surface area contributed by atoms with E-state index in [1.807, 2.05) is 25.1 Å². The van der Waals surface area contributed by atoms with Gasteiger partial charge in [-0.25, -0.2) is 5.43 Å². The average Bonchev–Trinajstić information content (AvgIpc) is 2.60. The summed E-state index contributed by atoms with van der Waals surface area (Å²) in [6.45, 7) is 4.79. The topological polar surface area (TPSA) is 59.9 Å². The number of hydrogen-bond donors (Lipinski definition) is 1. The molecule has 146 valence electrons. The lowest BCUT2D eigenvalue weighted by atomic mass is 9.50. The predicted octanol–water partition coefficient (Wildman–Crippen LogP) is 4.15. The van der Waals surface area contributed by atoms with E-state index in [0.29, 0.717) is 12.0 Å². The van der Waals surface area contributed by atoms with E-state index in [-0.39, 0.29) is 5.91 Å². The molecule has 0 atom stereocenters. The molecule has 1 aromatic rings. The average molecular weight is 370 g/mol. The van der Waals surface area contributed by atoms with Gasteiger partial charge < -0.3 is 9.47 Å². The van der Waals surface area contributed by atoms with Gasteiger partial charge in [-0.2, -0.15) is 5.10 Å². The second kappa shape index (κ2) is 7.53. The van der Waals surface area contributed by atoms with E-state index in [2.05, 4.69) is 10.5 Å². The van der Waals surface area contributed by atoms with Gasteiger partial charge in [0.05, 0.1) is 19.4 Å². The van der Waals surface area contributed by atoms with Crippen LogP contribution in [0.5, 0.6) is 11.5 Å². The molecule has 0 aromatic heterocycles. The third-order valence-electron chi connectivity index (χ3n) is 6.40. The van der Waals surface area contributed by atoms with Gasteiger partial charge in [-0.05, 0) is 87.0 Å². The van der Waals surface area contributed by atoms with Gasteiger partial charge in [-0.15, -0.1) is 0 Å². The fraction of sp³-hybridized carbons (Fsp3) is 0.636. The third-order valence-corrected chi connectivity index (χ3v) is 6.40. The van der Waals surface area contributed by atoms with Crippen LogP contribution in [0.1, 0.15) is 57.9 Å². The lowest BCUT2D eigenvalue weighted by Gasteiger charge is -2.56. The van der Waals surface area contributed by atoms with Crippen molar-refractivity contribution >= 4 is 12.1 Å². The van der Waals surface area contributed by atoms with E-state index < -0.39 is 0 Å². The maximum absolute atomic E-state index is 10.9. The Bertz CT molecular complexity index is 693. The van der Waals surface area contributed by atoms with Gasteiger partial charge in [-0.3, -0.25) is 4.79 Å². The first-order valence-corrected chi connectivity index (χ1v) is 10.2. The van der Waals surface area contributed by atoms with E-state index in [1.54, 1.807) is 6.21 Å². The Morgan fingerprint density at radius 2 is 1.81 bits per heavy atom. The van der Waals surface area contributed by atoms with Gasteiger partial charge >= 0.3 is 0 Å². The Hall–Kier alpha value is -2.04. The molecule has 4 fully saturated rings. The number of hydrogen-bond acceptors (Lipinski definition) is 4. The van der Waals surface area contributed by atoms with Crippen molar-refractivity contribution in [2.75, 3.05) is 13.2 Å². The van der Waals surface area contributed by atoms with Crippen molar-refractivity contribution in [3.05, 3.63) is 23.8 Å². The molecule has 0 spiro atoms. The second-order valence-electron chi connectivity index (χ2n) is 8.77. The summed E-state index contributed by atoms with van der Waals surface area (Å²) in [5.41, 5.74) is 3.67. The van der Waals surface area contributed by atoms with Gasteiger partial charge in [0.1, 0.15) is 0 Å². The molecule has 4 aliphatic rings. The number of nitrogens with one attached hydrogen (secondary N) is 1. The molecule has 1 N–H and O–H groups in total. The summed E-state index contributed by atoms with van der Waals surface area (Å²) in [6, 6.07) is 5.83. The van der Waals surface area contributed by atoms with E-state index in [4.69, 9.17) is 9.47 Å². The smallest absolute Gasteiger partial charge is 0.236 e. The predicted molar refractivity (Wildman–Crippen MR) is 105 cm³/mol. The molecule has 5 heteroatoms.